The van der Waals surface area contributed by atoms with E-state index in [0.29, 0.717) is 21.9 Å². The fraction of sp³-hybridized carbons (Fsp3) is 0.273. The van der Waals surface area contributed by atoms with E-state index >= 15 is 0 Å². The van der Waals surface area contributed by atoms with Gasteiger partial charge in [0.05, 0.1) is 19.1 Å². The Bertz CT molecular complexity index is 454. The number of alkyl halides is 1. The number of esters is 1. The van der Waals surface area contributed by atoms with Crippen molar-refractivity contribution in [3.8, 4) is 6.07 Å². The molecule has 1 rings (SSSR count). The lowest BCUT2D eigenvalue weighted by Crippen LogP contribution is -2.07. The molecule has 0 aliphatic carbocycles. The highest BCUT2D eigenvalue weighted by Gasteiger charge is 2.12. The van der Waals surface area contributed by atoms with Crippen LogP contribution in [0.25, 0.3) is 0 Å². The van der Waals surface area contributed by atoms with E-state index in [-0.39, 0.29) is 6.42 Å². The van der Waals surface area contributed by atoms with Crippen molar-refractivity contribution in [1.82, 2.24) is 0 Å². The number of benzene rings is 1. The Kier molecular flexibility index (Phi) is 4.66. The van der Waals surface area contributed by atoms with E-state index in [1.54, 1.807) is 12.1 Å². The van der Waals surface area contributed by atoms with Gasteiger partial charge in [-0.3, -0.25) is 4.79 Å². The molecule has 16 heavy (non-hydrogen) atoms. The Morgan fingerprint density at radius 2 is 2.31 bits per heavy atom. The summed E-state index contributed by atoms with van der Waals surface area (Å²) in [6.45, 7) is 0. The molecular formula is C11H10ClNO2S. The summed E-state index contributed by atoms with van der Waals surface area (Å²) in [5.74, 6) is -0.0797. The molecule has 0 aliphatic rings. The zero-order chi connectivity index (χ0) is 12.1. The molecule has 0 radical (unpaired) electrons. The van der Waals surface area contributed by atoms with Gasteiger partial charge in [-0.05, 0) is 17.2 Å². The van der Waals surface area contributed by atoms with Crippen LogP contribution in [0.4, 0.5) is 0 Å². The van der Waals surface area contributed by atoms with Gasteiger partial charge in [-0.25, -0.2) is 0 Å². The highest BCUT2D eigenvalue weighted by Crippen LogP contribution is 2.22. The average Bonchev–Trinajstić information content (AvgIpc) is 2.28. The van der Waals surface area contributed by atoms with Crippen LogP contribution in [0.2, 0.25) is 0 Å². The fourth-order valence-electron chi connectivity index (χ4n) is 1.32. The lowest BCUT2D eigenvalue weighted by molar-refractivity contribution is -0.139. The van der Waals surface area contributed by atoms with Crippen molar-refractivity contribution in [2.45, 2.75) is 17.2 Å². The minimum Gasteiger partial charge on any atom is -0.469 e. The number of ether oxygens (including phenoxy) is 1. The average molecular weight is 256 g/mol. The normalized spacial score (nSPS) is 9.62. The third-order valence-electron chi connectivity index (χ3n) is 2.09. The molecule has 0 atom stereocenters. The van der Waals surface area contributed by atoms with Crippen molar-refractivity contribution in [2.75, 3.05) is 7.11 Å². The lowest BCUT2D eigenvalue weighted by atomic mass is 10.0. The Labute approximate surface area is 104 Å². The second kappa shape index (κ2) is 5.78. The van der Waals surface area contributed by atoms with E-state index in [0.717, 1.165) is 5.56 Å². The standard InChI is InChI=1S/C11H10ClNO2S/c1-15-11(14)4-8-2-7(5-12)3-10(16)9(8)6-13/h2-3,16H,4-5H2,1H3. The maximum Gasteiger partial charge on any atom is 0.310 e. The summed E-state index contributed by atoms with van der Waals surface area (Å²) in [6.07, 6.45) is 0.0533. The van der Waals surface area contributed by atoms with Gasteiger partial charge in [-0.1, -0.05) is 6.07 Å². The first kappa shape index (κ1) is 12.9. The number of rotatable bonds is 3. The first-order valence-electron chi connectivity index (χ1n) is 4.50. The summed E-state index contributed by atoms with van der Waals surface area (Å²) in [4.78, 5) is 11.7. The number of nitrogens with zero attached hydrogens (tertiary/aromatic N) is 1. The van der Waals surface area contributed by atoms with Crippen LogP contribution in [0, 0.1) is 11.3 Å². The molecule has 0 heterocycles. The molecule has 0 bridgehead atoms. The fourth-order valence-corrected chi connectivity index (χ4v) is 1.84. The molecule has 84 valence electrons. The predicted octanol–water partition coefficient (Wildman–Crippen LogP) is 2.30. The predicted molar refractivity (Wildman–Crippen MR) is 63.7 cm³/mol. The maximum atomic E-state index is 11.2. The second-order valence-electron chi connectivity index (χ2n) is 3.15. The van der Waals surface area contributed by atoms with Crippen molar-refractivity contribution in [3.05, 3.63) is 28.8 Å². The van der Waals surface area contributed by atoms with E-state index in [2.05, 4.69) is 17.4 Å². The number of hydrogen-bond acceptors (Lipinski definition) is 4. The van der Waals surface area contributed by atoms with Crippen LogP contribution < -0.4 is 0 Å². The zero-order valence-corrected chi connectivity index (χ0v) is 10.3. The van der Waals surface area contributed by atoms with Crippen molar-refractivity contribution >= 4 is 30.2 Å². The van der Waals surface area contributed by atoms with Gasteiger partial charge in [0.1, 0.15) is 6.07 Å². The molecule has 1 aromatic carbocycles. The van der Waals surface area contributed by atoms with Gasteiger partial charge >= 0.3 is 5.97 Å². The largest absolute Gasteiger partial charge is 0.469 e. The van der Waals surface area contributed by atoms with E-state index in [1.807, 2.05) is 6.07 Å². The molecule has 0 amide bonds. The van der Waals surface area contributed by atoms with Crippen LogP contribution in [-0.4, -0.2) is 13.1 Å². The highest BCUT2D eigenvalue weighted by molar-refractivity contribution is 7.80. The number of carbonyl (C=O) groups is 1. The van der Waals surface area contributed by atoms with Gasteiger partial charge in [-0.2, -0.15) is 5.26 Å². The molecule has 0 spiro atoms. The third-order valence-corrected chi connectivity index (χ3v) is 2.75. The maximum absolute atomic E-state index is 11.2. The van der Waals surface area contributed by atoms with Crippen LogP contribution in [0.1, 0.15) is 16.7 Å². The van der Waals surface area contributed by atoms with Crippen LogP contribution in [0.5, 0.6) is 0 Å². The van der Waals surface area contributed by atoms with E-state index < -0.39 is 5.97 Å². The van der Waals surface area contributed by atoms with Crippen molar-refractivity contribution in [1.29, 1.82) is 5.26 Å². The van der Waals surface area contributed by atoms with E-state index in [4.69, 9.17) is 16.9 Å². The van der Waals surface area contributed by atoms with Gasteiger partial charge in [-0.15, -0.1) is 24.2 Å². The van der Waals surface area contributed by atoms with Crippen LogP contribution in [0.15, 0.2) is 17.0 Å². The van der Waals surface area contributed by atoms with Crippen LogP contribution in [-0.2, 0) is 21.8 Å². The highest BCUT2D eigenvalue weighted by atomic mass is 35.5. The molecule has 0 saturated carbocycles. The van der Waals surface area contributed by atoms with Gasteiger partial charge in [0.15, 0.2) is 0 Å². The molecule has 0 aliphatic heterocycles. The molecule has 0 aromatic heterocycles. The SMILES string of the molecule is COC(=O)Cc1cc(CCl)cc(S)c1C#N. The Hall–Kier alpha value is -1.18. The van der Waals surface area contributed by atoms with Gasteiger partial charge in [0.25, 0.3) is 0 Å². The van der Waals surface area contributed by atoms with Crippen molar-refractivity contribution in [3.63, 3.8) is 0 Å². The molecule has 1 aromatic rings. The molecule has 5 heteroatoms. The number of hydrogen-bond donors (Lipinski definition) is 1. The summed E-state index contributed by atoms with van der Waals surface area (Å²) in [5, 5.41) is 8.96. The van der Waals surface area contributed by atoms with Crippen LogP contribution >= 0.6 is 24.2 Å². The topological polar surface area (TPSA) is 50.1 Å². The monoisotopic (exact) mass is 255 g/mol. The van der Waals surface area contributed by atoms with Gasteiger partial charge in [0, 0.05) is 10.8 Å². The zero-order valence-electron chi connectivity index (χ0n) is 8.66. The quantitative estimate of drug-likeness (QED) is 0.512. The molecular weight excluding hydrogens is 246 g/mol. The Morgan fingerprint density at radius 1 is 1.62 bits per heavy atom. The second-order valence-corrected chi connectivity index (χ2v) is 3.90. The summed E-state index contributed by atoms with van der Waals surface area (Å²) >= 11 is 9.89. The third kappa shape index (κ3) is 2.91. The number of halogens is 1. The van der Waals surface area contributed by atoms with Gasteiger partial charge in [0.2, 0.25) is 0 Å². The molecule has 0 N–H and O–H groups in total. The number of methoxy groups -OCH3 is 1. The summed E-state index contributed by atoms with van der Waals surface area (Å²) in [6, 6.07) is 5.46. The summed E-state index contributed by atoms with van der Waals surface area (Å²) in [7, 11) is 1.31. The number of thiol groups is 1. The van der Waals surface area contributed by atoms with Crippen molar-refractivity contribution < 1.29 is 9.53 Å². The first-order valence-corrected chi connectivity index (χ1v) is 5.48. The Balaban J connectivity index is 3.19. The number of carbonyl (C=O) groups excluding carboxylic acids is 1. The summed E-state index contributed by atoms with van der Waals surface area (Å²) < 4.78 is 4.56. The van der Waals surface area contributed by atoms with E-state index in [9.17, 15) is 4.79 Å². The molecule has 0 fully saturated rings. The van der Waals surface area contributed by atoms with Gasteiger partial charge < -0.3 is 4.74 Å². The Morgan fingerprint density at radius 3 is 2.81 bits per heavy atom. The van der Waals surface area contributed by atoms with Crippen molar-refractivity contribution in [2.24, 2.45) is 0 Å². The molecule has 3 nitrogen and oxygen atoms in total. The van der Waals surface area contributed by atoms with Crippen LogP contribution in [0.3, 0.4) is 0 Å². The van der Waals surface area contributed by atoms with E-state index in [1.165, 1.54) is 7.11 Å². The molecule has 0 unspecified atom stereocenters. The molecule has 0 saturated heterocycles. The lowest BCUT2D eigenvalue weighted by Gasteiger charge is -2.07. The number of nitriles is 1. The minimum absolute atomic E-state index is 0.0533. The minimum atomic E-state index is -0.393. The smallest absolute Gasteiger partial charge is 0.310 e. The summed E-state index contributed by atoms with van der Waals surface area (Å²) in [5.41, 5.74) is 1.81. The first-order chi connectivity index (χ1) is 7.62.